The molecule has 0 saturated heterocycles. The molecular formula is C26H22O. The van der Waals surface area contributed by atoms with Crippen LogP contribution in [0.4, 0.5) is 0 Å². The van der Waals surface area contributed by atoms with Crippen molar-refractivity contribution < 1.29 is 4.74 Å². The van der Waals surface area contributed by atoms with Crippen LogP contribution in [0.1, 0.15) is 5.56 Å². The molecule has 1 aromatic rings. The Bertz CT molecular complexity index is 1080. The van der Waals surface area contributed by atoms with Gasteiger partial charge in [-0.1, -0.05) is 18.2 Å². The van der Waals surface area contributed by atoms with Gasteiger partial charge in [-0.25, -0.2) is 0 Å². The Kier molecular flexibility index (Phi) is 1.04. The van der Waals surface area contributed by atoms with Gasteiger partial charge in [-0.2, -0.15) is 0 Å². The number of ether oxygens (including phenoxy) is 1. The van der Waals surface area contributed by atoms with Gasteiger partial charge in [-0.05, 0) is 101 Å². The molecule has 16 atom stereocenters. The lowest BCUT2D eigenvalue weighted by Crippen LogP contribution is -2.53. The van der Waals surface area contributed by atoms with E-state index in [0.717, 1.165) is 59.2 Å². The Morgan fingerprint density at radius 1 is 0.519 bits per heavy atom. The Morgan fingerprint density at radius 3 is 1.63 bits per heavy atom. The minimum absolute atomic E-state index is 0.300. The van der Waals surface area contributed by atoms with Gasteiger partial charge >= 0.3 is 0 Å². The fourth-order valence-electron chi connectivity index (χ4n) is 17.3. The van der Waals surface area contributed by atoms with E-state index in [4.69, 9.17) is 4.74 Å². The Morgan fingerprint density at radius 2 is 1.00 bits per heavy atom. The SMILES string of the molecule is c1ccc2c(c1)OC13C4C5C6C7C8C9C6C4C4C9C6C8C8C7C5C1C8C6C243. The fraction of sp³-hybridized carbons (Fsp3) is 0.769. The molecule has 0 radical (unpaired) electrons. The molecule has 27 heavy (non-hydrogen) atoms. The predicted molar refractivity (Wildman–Crippen MR) is 94.3 cm³/mol. The highest BCUT2D eigenvalue weighted by Crippen LogP contribution is 3.05. The molecule has 2 spiro atoms. The van der Waals surface area contributed by atoms with Crippen LogP contribution in [-0.2, 0) is 5.41 Å². The third-order valence-corrected chi connectivity index (χ3v) is 15.2. The molecule has 1 aromatic carbocycles. The minimum atomic E-state index is 0.300. The normalized spacial score (nSPS) is 89.3. The first-order valence-electron chi connectivity index (χ1n) is 12.2. The van der Waals surface area contributed by atoms with Gasteiger partial charge in [0, 0.05) is 22.8 Å². The highest BCUT2D eigenvalue weighted by Gasteiger charge is 3.07. The average Bonchev–Trinajstić information content (AvgIpc) is 3.39. The van der Waals surface area contributed by atoms with Crippen LogP contribution in [0.5, 0.6) is 5.75 Å². The molecule has 1 nitrogen and oxygen atoms in total. The second-order valence-corrected chi connectivity index (χ2v) is 13.4. The van der Waals surface area contributed by atoms with Gasteiger partial charge in [-0.3, -0.25) is 0 Å². The Balaban J connectivity index is 1.35. The molecular weight excluding hydrogens is 328 g/mol. The summed E-state index contributed by atoms with van der Waals surface area (Å²) in [6, 6.07) is 9.55. The molecule has 0 aromatic heterocycles. The van der Waals surface area contributed by atoms with Crippen molar-refractivity contribution in [2.24, 2.45) is 107 Å². The maximum Gasteiger partial charge on any atom is 0.126 e. The van der Waals surface area contributed by atoms with Gasteiger partial charge < -0.3 is 4.74 Å². The van der Waals surface area contributed by atoms with Gasteiger partial charge in [-0.15, -0.1) is 0 Å². The van der Waals surface area contributed by atoms with Crippen LogP contribution in [-0.4, -0.2) is 5.60 Å². The average molecular weight is 350 g/mol. The summed E-state index contributed by atoms with van der Waals surface area (Å²) in [4.78, 5) is 0. The molecule has 1 heterocycles. The predicted octanol–water partition coefficient (Wildman–Crippen LogP) is 3.30. The van der Waals surface area contributed by atoms with E-state index in [9.17, 15) is 0 Å². The molecule has 14 rings (SSSR count). The van der Waals surface area contributed by atoms with Crippen LogP contribution in [0.2, 0.25) is 0 Å². The summed E-state index contributed by atoms with van der Waals surface area (Å²) in [7, 11) is 0. The van der Waals surface area contributed by atoms with Crippen molar-refractivity contribution in [3.05, 3.63) is 29.8 Å². The van der Waals surface area contributed by atoms with E-state index in [0.29, 0.717) is 11.0 Å². The van der Waals surface area contributed by atoms with E-state index in [-0.39, 0.29) is 0 Å². The largest absolute Gasteiger partial charge is 0.485 e. The molecule has 0 amide bonds. The lowest BCUT2D eigenvalue weighted by atomic mass is 9.62. The van der Waals surface area contributed by atoms with Crippen LogP contribution in [0.15, 0.2) is 24.3 Å². The lowest BCUT2D eigenvalue weighted by Gasteiger charge is -2.42. The number of fused-ring (bicyclic) bond motifs is 1. The van der Waals surface area contributed by atoms with Crippen LogP contribution in [0.3, 0.4) is 0 Å². The zero-order valence-corrected chi connectivity index (χ0v) is 15.1. The monoisotopic (exact) mass is 350 g/mol. The van der Waals surface area contributed by atoms with Crippen molar-refractivity contribution in [3.63, 3.8) is 0 Å². The van der Waals surface area contributed by atoms with E-state index in [1.165, 1.54) is 53.1 Å². The minimum Gasteiger partial charge on any atom is -0.485 e. The van der Waals surface area contributed by atoms with E-state index in [1.807, 2.05) is 0 Å². The summed E-state index contributed by atoms with van der Waals surface area (Å²) in [5, 5.41) is 0. The number of hydrogen-bond acceptors (Lipinski definition) is 1. The number of benzene rings is 1. The number of rotatable bonds is 0. The number of para-hydroxylation sites is 1. The second-order valence-electron chi connectivity index (χ2n) is 13.4. The molecule has 1 aliphatic heterocycles. The molecule has 12 saturated carbocycles. The second kappa shape index (κ2) is 2.50. The molecule has 13 aliphatic rings. The highest BCUT2D eigenvalue weighted by molar-refractivity contribution is 5.63. The van der Waals surface area contributed by atoms with Gasteiger partial charge in [0.1, 0.15) is 11.4 Å². The van der Waals surface area contributed by atoms with Crippen molar-refractivity contribution in [1.29, 1.82) is 0 Å². The summed E-state index contributed by atoms with van der Waals surface area (Å²) in [6.07, 6.45) is 0. The molecule has 0 bridgehead atoms. The summed E-state index contributed by atoms with van der Waals surface area (Å²) < 4.78 is 7.43. The van der Waals surface area contributed by atoms with Gasteiger partial charge in [0.15, 0.2) is 0 Å². The van der Waals surface area contributed by atoms with Gasteiger partial charge in [0.05, 0.1) is 0 Å². The first-order valence-corrected chi connectivity index (χ1v) is 12.2. The van der Waals surface area contributed by atoms with Crippen LogP contribution < -0.4 is 4.74 Å². The molecule has 1 heteroatoms. The summed E-state index contributed by atoms with van der Waals surface area (Å²) in [6.45, 7) is 0. The van der Waals surface area contributed by atoms with Crippen LogP contribution >= 0.6 is 0 Å². The zero-order valence-electron chi connectivity index (χ0n) is 15.1. The zero-order chi connectivity index (χ0) is 16.1. The van der Waals surface area contributed by atoms with E-state index in [2.05, 4.69) is 24.3 Å². The Labute approximate surface area is 158 Å². The van der Waals surface area contributed by atoms with E-state index in [1.54, 1.807) is 5.56 Å². The molecule has 12 aliphatic carbocycles. The van der Waals surface area contributed by atoms with Crippen LogP contribution in [0.25, 0.3) is 0 Å². The highest BCUT2D eigenvalue weighted by atomic mass is 16.5. The van der Waals surface area contributed by atoms with Crippen molar-refractivity contribution in [2.75, 3.05) is 0 Å². The quantitative estimate of drug-likeness (QED) is 0.698. The topological polar surface area (TPSA) is 9.23 Å². The molecule has 12 fully saturated rings. The van der Waals surface area contributed by atoms with E-state index < -0.39 is 0 Å². The van der Waals surface area contributed by atoms with Crippen molar-refractivity contribution in [3.8, 4) is 5.75 Å². The third kappa shape index (κ3) is 0.559. The first-order chi connectivity index (χ1) is 13.4. The van der Waals surface area contributed by atoms with E-state index >= 15 is 0 Å². The fourth-order valence-corrected chi connectivity index (χ4v) is 17.3. The van der Waals surface area contributed by atoms with Crippen molar-refractivity contribution in [1.82, 2.24) is 0 Å². The smallest absolute Gasteiger partial charge is 0.126 e. The van der Waals surface area contributed by atoms with Crippen molar-refractivity contribution >= 4 is 0 Å². The summed E-state index contributed by atoms with van der Waals surface area (Å²) in [5.74, 6) is 21.8. The van der Waals surface area contributed by atoms with Crippen molar-refractivity contribution in [2.45, 2.75) is 11.0 Å². The standard InChI is InChI=1S/C26H22O/c1-2-4-6-5(3-1)25-21-15-9-7-8-11-13(9)19(21)23-17(11)18-12(8)14-10(7)16(15)22(25)20(14)24(18)26(23,25)27-6/h1-4,7-24H. The summed E-state index contributed by atoms with van der Waals surface area (Å²) in [5.41, 5.74) is 2.55. The molecule has 132 valence electrons. The lowest BCUT2D eigenvalue weighted by molar-refractivity contribution is -0.0228. The third-order valence-electron chi connectivity index (χ3n) is 15.2. The van der Waals surface area contributed by atoms with Gasteiger partial charge in [0.2, 0.25) is 0 Å². The number of hydrogen-bond donors (Lipinski definition) is 0. The first kappa shape index (κ1) is 11.3. The van der Waals surface area contributed by atoms with Crippen LogP contribution in [0, 0.1) is 107 Å². The maximum atomic E-state index is 7.43. The molecule has 16 unspecified atom stereocenters. The Hall–Kier alpha value is -0.980. The van der Waals surface area contributed by atoms with Gasteiger partial charge in [0.25, 0.3) is 0 Å². The maximum absolute atomic E-state index is 7.43. The molecule has 0 N–H and O–H groups in total. The summed E-state index contributed by atoms with van der Waals surface area (Å²) >= 11 is 0.